The second kappa shape index (κ2) is 8.81. The van der Waals surface area contributed by atoms with Crippen molar-refractivity contribution in [3.63, 3.8) is 0 Å². The van der Waals surface area contributed by atoms with E-state index in [1.54, 1.807) is 0 Å². The molecular weight excluding hydrogens is 297 g/mol. The molecule has 0 atom stereocenters. The maximum atomic E-state index is 13.3. The van der Waals surface area contributed by atoms with Crippen molar-refractivity contribution in [3.8, 4) is 5.75 Å². The highest BCUT2D eigenvalue weighted by molar-refractivity contribution is 5.94. The molecule has 1 heterocycles. The minimum atomic E-state index is -0.468. The highest BCUT2D eigenvalue weighted by atomic mass is 35.5. The normalized spacial score (nSPS) is 15.1. The highest BCUT2D eigenvalue weighted by Crippen LogP contribution is 2.17. The predicted octanol–water partition coefficient (Wildman–Crippen LogP) is 0.891. The largest absolute Gasteiger partial charge is 0.494 e. The monoisotopic (exact) mass is 317 g/mol. The van der Waals surface area contributed by atoms with E-state index >= 15 is 0 Å². The summed E-state index contributed by atoms with van der Waals surface area (Å²) in [5.74, 6) is -0.594. The van der Waals surface area contributed by atoms with Crippen LogP contribution in [-0.4, -0.2) is 57.2 Å². The van der Waals surface area contributed by atoms with Gasteiger partial charge in [-0.05, 0) is 18.2 Å². The first kappa shape index (κ1) is 17.7. The lowest BCUT2D eigenvalue weighted by Gasteiger charge is -2.27. The fourth-order valence-corrected chi connectivity index (χ4v) is 2.17. The van der Waals surface area contributed by atoms with Gasteiger partial charge in [0.25, 0.3) is 5.91 Å². The Hall–Kier alpha value is -1.37. The van der Waals surface area contributed by atoms with E-state index in [0.717, 1.165) is 32.7 Å². The Bertz CT molecular complexity index is 468. The number of nitrogens with one attached hydrogen (secondary N) is 2. The van der Waals surface area contributed by atoms with Gasteiger partial charge in [0, 0.05) is 44.8 Å². The minimum absolute atomic E-state index is 0. The molecule has 21 heavy (non-hydrogen) atoms. The topological polar surface area (TPSA) is 53.6 Å². The van der Waals surface area contributed by atoms with Crippen LogP contribution in [0.1, 0.15) is 10.4 Å². The molecular formula is C14H21ClFN3O2. The van der Waals surface area contributed by atoms with Crippen LogP contribution in [0, 0.1) is 5.82 Å². The molecule has 1 fully saturated rings. The fraction of sp³-hybridized carbons (Fsp3) is 0.500. The molecule has 1 amide bonds. The molecule has 0 aromatic heterocycles. The average Bonchev–Trinajstić information content (AvgIpc) is 2.48. The van der Waals surface area contributed by atoms with E-state index < -0.39 is 5.82 Å². The molecule has 2 N–H and O–H groups in total. The first-order valence-corrected chi connectivity index (χ1v) is 6.75. The lowest BCUT2D eigenvalue weighted by Crippen LogP contribution is -2.46. The van der Waals surface area contributed by atoms with Gasteiger partial charge in [-0.3, -0.25) is 9.69 Å². The Morgan fingerprint density at radius 1 is 1.43 bits per heavy atom. The molecule has 0 radical (unpaired) electrons. The molecule has 0 spiro atoms. The van der Waals surface area contributed by atoms with E-state index in [2.05, 4.69) is 15.5 Å². The van der Waals surface area contributed by atoms with E-state index in [-0.39, 0.29) is 24.1 Å². The number of halogens is 2. The van der Waals surface area contributed by atoms with Crippen molar-refractivity contribution in [3.05, 3.63) is 29.6 Å². The van der Waals surface area contributed by atoms with Crippen LogP contribution in [0.15, 0.2) is 18.2 Å². The fourth-order valence-electron chi connectivity index (χ4n) is 2.17. The maximum Gasteiger partial charge on any atom is 0.251 e. The molecule has 2 rings (SSSR count). The number of methoxy groups -OCH3 is 1. The summed E-state index contributed by atoms with van der Waals surface area (Å²) in [6.45, 7) is 5.39. The third-order valence-corrected chi connectivity index (χ3v) is 3.34. The van der Waals surface area contributed by atoms with Gasteiger partial charge in [0.1, 0.15) is 0 Å². The van der Waals surface area contributed by atoms with E-state index in [0.29, 0.717) is 12.1 Å². The molecule has 1 aliphatic heterocycles. The number of amides is 1. The lowest BCUT2D eigenvalue weighted by atomic mass is 10.2. The molecule has 0 bridgehead atoms. The SMILES string of the molecule is COc1cc(C(=O)NCCN2CCNCC2)ccc1F.Cl. The number of nitrogens with zero attached hydrogens (tertiary/aromatic N) is 1. The Morgan fingerprint density at radius 3 is 2.81 bits per heavy atom. The summed E-state index contributed by atoms with van der Waals surface area (Å²) >= 11 is 0. The Labute approximate surface area is 130 Å². The van der Waals surface area contributed by atoms with E-state index in [4.69, 9.17) is 4.74 Å². The van der Waals surface area contributed by atoms with Crippen LogP contribution in [0.3, 0.4) is 0 Å². The number of hydrogen-bond acceptors (Lipinski definition) is 4. The number of rotatable bonds is 5. The molecule has 7 heteroatoms. The number of carbonyl (C=O) groups excluding carboxylic acids is 1. The van der Waals surface area contributed by atoms with Gasteiger partial charge in [-0.25, -0.2) is 4.39 Å². The molecule has 1 aliphatic rings. The zero-order chi connectivity index (χ0) is 14.4. The van der Waals surface area contributed by atoms with Crippen molar-refractivity contribution in [2.24, 2.45) is 0 Å². The average molecular weight is 318 g/mol. The van der Waals surface area contributed by atoms with E-state index in [1.807, 2.05) is 0 Å². The van der Waals surface area contributed by atoms with Crippen LogP contribution in [0.4, 0.5) is 4.39 Å². The molecule has 118 valence electrons. The second-order valence-electron chi connectivity index (χ2n) is 4.70. The smallest absolute Gasteiger partial charge is 0.251 e. The van der Waals surface area contributed by atoms with Gasteiger partial charge in [0.15, 0.2) is 11.6 Å². The maximum absolute atomic E-state index is 13.3. The van der Waals surface area contributed by atoms with Crippen LogP contribution in [0.5, 0.6) is 5.75 Å². The number of piperazine rings is 1. The number of ether oxygens (including phenoxy) is 1. The quantitative estimate of drug-likeness (QED) is 0.847. The van der Waals surface area contributed by atoms with Gasteiger partial charge in [-0.15, -0.1) is 12.4 Å². The standard InChI is InChI=1S/C14H20FN3O2.ClH/c1-20-13-10-11(2-3-12(13)15)14(19)17-6-9-18-7-4-16-5-8-18;/h2-3,10,16H,4-9H2,1H3,(H,17,19);1H. The molecule has 5 nitrogen and oxygen atoms in total. The van der Waals surface area contributed by atoms with Gasteiger partial charge in [-0.1, -0.05) is 0 Å². The van der Waals surface area contributed by atoms with Crippen molar-refractivity contribution >= 4 is 18.3 Å². The van der Waals surface area contributed by atoms with Crippen molar-refractivity contribution in [2.75, 3.05) is 46.4 Å². The molecule has 0 aliphatic carbocycles. The highest BCUT2D eigenvalue weighted by Gasteiger charge is 2.12. The summed E-state index contributed by atoms with van der Waals surface area (Å²) in [4.78, 5) is 14.2. The predicted molar refractivity (Wildman–Crippen MR) is 81.8 cm³/mol. The van der Waals surface area contributed by atoms with Crippen LogP contribution in [0.25, 0.3) is 0 Å². The zero-order valence-electron chi connectivity index (χ0n) is 12.0. The molecule has 0 saturated carbocycles. The summed E-state index contributed by atoms with van der Waals surface area (Å²) in [5.41, 5.74) is 0.406. The van der Waals surface area contributed by atoms with Crippen LogP contribution >= 0.6 is 12.4 Å². The number of carbonyl (C=O) groups is 1. The van der Waals surface area contributed by atoms with Gasteiger partial charge >= 0.3 is 0 Å². The van der Waals surface area contributed by atoms with Gasteiger partial charge in [0.05, 0.1) is 7.11 Å². The van der Waals surface area contributed by atoms with Crippen LogP contribution < -0.4 is 15.4 Å². The lowest BCUT2D eigenvalue weighted by molar-refractivity contribution is 0.0947. The van der Waals surface area contributed by atoms with Crippen LogP contribution in [0.2, 0.25) is 0 Å². The van der Waals surface area contributed by atoms with Gasteiger partial charge in [-0.2, -0.15) is 0 Å². The molecule has 1 saturated heterocycles. The summed E-state index contributed by atoms with van der Waals surface area (Å²) in [7, 11) is 1.38. The summed E-state index contributed by atoms with van der Waals surface area (Å²) in [6.07, 6.45) is 0. The van der Waals surface area contributed by atoms with E-state index in [9.17, 15) is 9.18 Å². The number of benzene rings is 1. The van der Waals surface area contributed by atoms with Crippen molar-refractivity contribution in [2.45, 2.75) is 0 Å². The first-order valence-electron chi connectivity index (χ1n) is 6.75. The molecule has 1 aromatic carbocycles. The summed E-state index contributed by atoms with van der Waals surface area (Å²) < 4.78 is 18.1. The van der Waals surface area contributed by atoms with Crippen molar-refractivity contribution < 1.29 is 13.9 Å². The van der Waals surface area contributed by atoms with E-state index in [1.165, 1.54) is 25.3 Å². The van der Waals surface area contributed by atoms with Crippen molar-refractivity contribution in [1.29, 1.82) is 0 Å². The third-order valence-electron chi connectivity index (χ3n) is 3.34. The second-order valence-corrected chi connectivity index (χ2v) is 4.70. The van der Waals surface area contributed by atoms with Crippen molar-refractivity contribution in [1.82, 2.24) is 15.5 Å². The Morgan fingerprint density at radius 2 is 2.14 bits per heavy atom. The molecule has 1 aromatic rings. The third kappa shape index (κ3) is 5.15. The van der Waals surface area contributed by atoms with Crippen LogP contribution in [-0.2, 0) is 0 Å². The molecule has 0 unspecified atom stereocenters. The summed E-state index contributed by atoms with van der Waals surface area (Å²) in [5, 5.41) is 6.12. The summed E-state index contributed by atoms with van der Waals surface area (Å²) in [6, 6.07) is 4.11. The Balaban J connectivity index is 0.00000220. The minimum Gasteiger partial charge on any atom is -0.494 e. The Kier molecular flexibility index (Phi) is 7.42. The number of hydrogen-bond donors (Lipinski definition) is 2. The zero-order valence-corrected chi connectivity index (χ0v) is 12.8. The van der Waals surface area contributed by atoms with Gasteiger partial charge in [0.2, 0.25) is 0 Å². The van der Waals surface area contributed by atoms with Gasteiger partial charge < -0.3 is 15.4 Å². The first-order chi connectivity index (χ1) is 9.70.